The van der Waals surface area contributed by atoms with Crippen LogP contribution in [0.4, 0.5) is 0 Å². The van der Waals surface area contributed by atoms with Crippen molar-refractivity contribution in [3.05, 3.63) is 58.9 Å². The Morgan fingerprint density at radius 1 is 1.30 bits per heavy atom. The molecule has 0 unspecified atom stereocenters. The number of amidine groups is 1. The molecule has 5 heteroatoms. The average Bonchev–Trinajstić information content (AvgIpc) is 2.43. The molecule has 1 aromatic heterocycles. The molecule has 0 aliphatic carbocycles. The normalized spacial score (nSPS) is 11.6. The standard InChI is InChI=1S/C15H17N3OS/c1-10-6-11(2)8-12(7-10)9-20-13-4-3-5-17-14(13)15(16)18-19/h3-8,19H,9H2,1-2H3,(H2,16,18). The van der Waals surface area contributed by atoms with Crippen LogP contribution in [0.5, 0.6) is 0 Å². The van der Waals surface area contributed by atoms with Crippen molar-refractivity contribution in [2.45, 2.75) is 24.5 Å². The zero-order valence-corrected chi connectivity index (χ0v) is 12.3. The Morgan fingerprint density at radius 3 is 2.65 bits per heavy atom. The summed E-state index contributed by atoms with van der Waals surface area (Å²) in [6, 6.07) is 10.3. The summed E-state index contributed by atoms with van der Waals surface area (Å²) in [7, 11) is 0. The fourth-order valence-electron chi connectivity index (χ4n) is 2.06. The minimum atomic E-state index is 0.0357. The molecule has 0 saturated heterocycles. The van der Waals surface area contributed by atoms with E-state index < -0.39 is 0 Å². The monoisotopic (exact) mass is 287 g/mol. The summed E-state index contributed by atoms with van der Waals surface area (Å²) in [6.07, 6.45) is 1.63. The van der Waals surface area contributed by atoms with Gasteiger partial charge in [0.05, 0.1) is 0 Å². The van der Waals surface area contributed by atoms with Crippen molar-refractivity contribution in [2.24, 2.45) is 10.9 Å². The third-order valence-electron chi connectivity index (χ3n) is 2.80. The molecule has 1 heterocycles. The lowest BCUT2D eigenvalue weighted by Gasteiger charge is -2.08. The molecular weight excluding hydrogens is 270 g/mol. The van der Waals surface area contributed by atoms with Crippen molar-refractivity contribution in [3.8, 4) is 0 Å². The van der Waals surface area contributed by atoms with Gasteiger partial charge in [0.1, 0.15) is 5.69 Å². The number of aryl methyl sites for hydroxylation is 2. The molecule has 4 nitrogen and oxygen atoms in total. The topological polar surface area (TPSA) is 71.5 Å². The van der Waals surface area contributed by atoms with Crippen molar-refractivity contribution < 1.29 is 5.21 Å². The number of thioether (sulfide) groups is 1. The maximum Gasteiger partial charge on any atom is 0.189 e. The average molecular weight is 287 g/mol. The van der Waals surface area contributed by atoms with E-state index in [1.54, 1.807) is 18.0 Å². The quantitative estimate of drug-likeness (QED) is 0.298. The number of aromatic nitrogens is 1. The van der Waals surface area contributed by atoms with Crippen LogP contribution in [0, 0.1) is 13.8 Å². The molecule has 0 saturated carbocycles. The molecule has 3 N–H and O–H groups in total. The van der Waals surface area contributed by atoms with Gasteiger partial charge in [0, 0.05) is 16.8 Å². The molecule has 1 aromatic carbocycles. The SMILES string of the molecule is Cc1cc(C)cc(CSc2cccnc2/C(N)=N/O)c1. The van der Waals surface area contributed by atoms with E-state index in [2.05, 4.69) is 42.2 Å². The number of oxime groups is 1. The number of nitrogens with two attached hydrogens (primary N) is 1. The molecule has 20 heavy (non-hydrogen) atoms. The second kappa shape index (κ2) is 6.43. The van der Waals surface area contributed by atoms with Crippen LogP contribution in [0.15, 0.2) is 46.6 Å². The van der Waals surface area contributed by atoms with Crippen molar-refractivity contribution in [1.82, 2.24) is 4.98 Å². The highest BCUT2D eigenvalue weighted by molar-refractivity contribution is 7.98. The fourth-order valence-corrected chi connectivity index (χ4v) is 3.02. The molecule has 104 valence electrons. The number of benzene rings is 1. The van der Waals surface area contributed by atoms with E-state index in [9.17, 15) is 0 Å². The molecule has 0 aliphatic heterocycles. The summed E-state index contributed by atoms with van der Waals surface area (Å²) in [4.78, 5) is 5.06. The van der Waals surface area contributed by atoms with Crippen molar-refractivity contribution in [1.29, 1.82) is 0 Å². The Bertz CT molecular complexity index is 621. The number of pyridine rings is 1. The number of hydrogen-bond donors (Lipinski definition) is 2. The number of rotatable bonds is 4. The Hall–Kier alpha value is -2.01. The van der Waals surface area contributed by atoms with Gasteiger partial charge in [0.25, 0.3) is 0 Å². The van der Waals surface area contributed by atoms with Crippen LogP contribution in [-0.2, 0) is 5.75 Å². The van der Waals surface area contributed by atoms with Crippen LogP contribution in [0.3, 0.4) is 0 Å². The molecule has 0 spiro atoms. The lowest BCUT2D eigenvalue weighted by Crippen LogP contribution is -2.16. The van der Waals surface area contributed by atoms with Gasteiger partial charge in [-0.05, 0) is 31.5 Å². The third-order valence-corrected chi connectivity index (χ3v) is 3.91. The Kier molecular flexibility index (Phi) is 4.63. The zero-order valence-electron chi connectivity index (χ0n) is 11.5. The van der Waals surface area contributed by atoms with Gasteiger partial charge in [-0.25, -0.2) is 0 Å². The van der Waals surface area contributed by atoms with Gasteiger partial charge in [-0.2, -0.15) is 0 Å². The molecule has 2 rings (SSSR count). The predicted molar refractivity (Wildman–Crippen MR) is 82.2 cm³/mol. The van der Waals surface area contributed by atoms with Crippen LogP contribution >= 0.6 is 11.8 Å². The minimum Gasteiger partial charge on any atom is -0.409 e. The molecule has 0 fully saturated rings. The molecule has 0 radical (unpaired) electrons. The predicted octanol–water partition coefficient (Wildman–Crippen LogP) is 3.09. The van der Waals surface area contributed by atoms with E-state index in [4.69, 9.17) is 10.9 Å². The highest BCUT2D eigenvalue weighted by Crippen LogP contribution is 2.25. The Morgan fingerprint density at radius 2 is 2.00 bits per heavy atom. The van der Waals surface area contributed by atoms with E-state index >= 15 is 0 Å². The summed E-state index contributed by atoms with van der Waals surface area (Å²) in [5, 5.41) is 11.8. The van der Waals surface area contributed by atoms with Crippen LogP contribution < -0.4 is 5.73 Å². The molecule has 0 amide bonds. The molecule has 0 aliphatic rings. The van der Waals surface area contributed by atoms with E-state index in [1.807, 2.05) is 12.1 Å². The van der Waals surface area contributed by atoms with Gasteiger partial charge < -0.3 is 10.9 Å². The first-order valence-corrected chi connectivity index (χ1v) is 7.21. The lowest BCUT2D eigenvalue weighted by atomic mass is 10.1. The van der Waals surface area contributed by atoms with Gasteiger partial charge in [-0.3, -0.25) is 4.98 Å². The molecular formula is C15H17N3OS. The van der Waals surface area contributed by atoms with E-state index in [1.165, 1.54) is 16.7 Å². The number of nitrogens with zero attached hydrogens (tertiary/aromatic N) is 2. The molecule has 2 aromatic rings. The lowest BCUT2D eigenvalue weighted by molar-refractivity contribution is 0.318. The first-order chi connectivity index (χ1) is 9.60. The first-order valence-electron chi connectivity index (χ1n) is 6.23. The van der Waals surface area contributed by atoms with Crippen LogP contribution in [0.25, 0.3) is 0 Å². The van der Waals surface area contributed by atoms with Gasteiger partial charge in [0.2, 0.25) is 0 Å². The maximum atomic E-state index is 8.78. The summed E-state index contributed by atoms with van der Waals surface area (Å²) in [6.45, 7) is 4.18. The maximum absolute atomic E-state index is 8.78. The fraction of sp³-hybridized carbons (Fsp3) is 0.200. The zero-order chi connectivity index (χ0) is 14.5. The second-order valence-electron chi connectivity index (χ2n) is 4.62. The van der Waals surface area contributed by atoms with Crippen LogP contribution in [0.1, 0.15) is 22.4 Å². The summed E-state index contributed by atoms with van der Waals surface area (Å²) < 4.78 is 0. The van der Waals surface area contributed by atoms with Crippen molar-refractivity contribution in [3.63, 3.8) is 0 Å². The summed E-state index contributed by atoms with van der Waals surface area (Å²) >= 11 is 1.63. The van der Waals surface area contributed by atoms with Crippen LogP contribution in [-0.4, -0.2) is 16.0 Å². The highest BCUT2D eigenvalue weighted by Gasteiger charge is 2.09. The Balaban J connectivity index is 2.19. The summed E-state index contributed by atoms with van der Waals surface area (Å²) in [5.41, 5.74) is 9.91. The first kappa shape index (κ1) is 14.4. The highest BCUT2D eigenvalue weighted by atomic mass is 32.2. The van der Waals surface area contributed by atoms with Crippen molar-refractivity contribution in [2.75, 3.05) is 0 Å². The van der Waals surface area contributed by atoms with E-state index in [0.29, 0.717) is 5.69 Å². The van der Waals surface area contributed by atoms with Gasteiger partial charge >= 0.3 is 0 Å². The molecule has 0 atom stereocenters. The Labute approximate surface area is 122 Å². The van der Waals surface area contributed by atoms with E-state index in [0.717, 1.165) is 10.6 Å². The number of hydrogen-bond acceptors (Lipinski definition) is 4. The largest absolute Gasteiger partial charge is 0.409 e. The van der Waals surface area contributed by atoms with Crippen molar-refractivity contribution >= 4 is 17.6 Å². The van der Waals surface area contributed by atoms with Crippen LogP contribution in [0.2, 0.25) is 0 Å². The van der Waals surface area contributed by atoms with E-state index in [-0.39, 0.29) is 5.84 Å². The second-order valence-corrected chi connectivity index (χ2v) is 5.64. The van der Waals surface area contributed by atoms with Gasteiger partial charge in [-0.15, -0.1) is 11.8 Å². The third kappa shape index (κ3) is 3.51. The minimum absolute atomic E-state index is 0.0357. The molecule has 0 bridgehead atoms. The van der Waals surface area contributed by atoms with Gasteiger partial charge in [0.15, 0.2) is 5.84 Å². The van der Waals surface area contributed by atoms with Gasteiger partial charge in [-0.1, -0.05) is 34.5 Å². The smallest absolute Gasteiger partial charge is 0.189 e. The summed E-state index contributed by atoms with van der Waals surface area (Å²) in [5.74, 6) is 0.855.